The van der Waals surface area contributed by atoms with Gasteiger partial charge in [-0.25, -0.2) is 4.98 Å². The van der Waals surface area contributed by atoms with Crippen LogP contribution in [0, 0.1) is 0 Å². The maximum absolute atomic E-state index is 5.63. The van der Waals surface area contributed by atoms with E-state index in [2.05, 4.69) is 15.0 Å². The number of rotatable bonds is 4. The van der Waals surface area contributed by atoms with Gasteiger partial charge in [0.2, 0.25) is 11.8 Å². The Kier molecular flexibility index (Phi) is 3.33. The van der Waals surface area contributed by atoms with Gasteiger partial charge < -0.3 is 9.26 Å². The Morgan fingerprint density at radius 1 is 1.32 bits per heavy atom. The van der Waals surface area contributed by atoms with Crippen molar-refractivity contribution in [2.75, 3.05) is 20.2 Å². The SMILES string of the molecule is COc1cc(Cc2noc(C34CCCN3CCC4)n2)ccn1. The molecule has 0 aromatic carbocycles. The molecule has 0 spiro atoms. The zero-order valence-electron chi connectivity index (χ0n) is 12.8. The minimum Gasteiger partial charge on any atom is -0.481 e. The molecule has 0 bridgehead atoms. The van der Waals surface area contributed by atoms with Crippen LogP contribution in [0.4, 0.5) is 0 Å². The van der Waals surface area contributed by atoms with Crippen LogP contribution in [0.3, 0.4) is 0 Å². The van der Waals surface area contributed by atoms with Crippen LogP contribution in [0.5, 0.6) is 5.88 Å². The maximum atomic E-state index is 5.63. The van der Waals surface area contributed by atoms with Crippen molar-refractivity contribution in [3.8, 4) is 5.88 Å². The summed E-state index contributed by atoms with van der Waals surface area (Å²) in [7, 11) is 1.62. The lowest BCUT2D eigenvalue weighted by molar-refractivity contribution is 0.143. The molecule has 116 valence electrons. The molecule has 0 unspecified atom stereocenters. The summed E-state index contributed by atoms with van der Waals surface area (Å²) in [6.07, 6.45) is 7.09. The fourth-order valence-corrected chi connectivity index (χ4v) is 3.82. The Morgan fingerprint density at radius 2 is 2.14 bits per heavy atom. The van der Waals surface area contributed by atoms with Gasteiger partial charge in [-0.05, 0) is 50.4 Å². The molecule has 2 aromatic rings. The first-order valence-electron chi connectivity index (χ1n) is 7.87. The fourth-order valence-electron chi connectivity index (χ4n) is 3.82. The zero-order chi connectivity index (χ0) is 15.0. The molecule has 6 heteroatoms. The Bertz CT molecular complexity index is 660. The summed E-state index contributed by atoms with van der Waals surface area (Å²) in [5.74, 6) is 2.15. The first kappa shape index (κ1) is 13.7. The first-order valence-corrected chi connectivity index (χ1v) is 7.87. The predicted molar refractivity (Wildman–Crippen MR) is 79.6 cm³/mol. The van der Waals surface area contributed by atoms with Gasteiger partial charge >= 0.3 is 0 Å². The highest BCUT2D eigenvalue weighted by molar-refractivity contribution is 5.23. The topological polar surface area (TPSA) is 64.3 Å². The van der Waals surface area contributed by atoms with Crippen LogP contribution in [0.25, 0.3) is 0 Å². The van der Waals surface area contributed by atoms with E-state index in [0.717, 1.165) is 43.2 Å². The van der Waals surface area contributed by atoms with Crippen molar-refractivity contribution >= 4 is 0 Å². The van der Waals surface area contributed by atoms with E-state index in [-0.39, 0.29) is 5.54 Å². The van der Waals surface area contributed by atoms with E-state index in [1.807, 2.05) is 12.1 Å². The van der Waals surface area contributed by atoms with Crippen LogP contribution in [0.2, 0.25) is 0 Å². The van der Waals surface area contributed by atoms with Gasteiger partial charge in [0.1, 0.15) is 5.54 Å². The quantitative estimate of drug-likeness (QED) is 0.862. The molecule has 4 rings (SSSR count). The molecule has 2 aromatic heterocycles. The molecule has 22 heavy (non-hydrogen) atoms. The molecule has 2 aliphatic heterocycles. The summed E-state index contributed by atoms with van der Waals surface area (Å²) in [4.78, 5) is 11.3. The van der Waals surface area contributed by atoms with Crippen molar-refractivity contribution in [2.45, 2.75) is 37.6 Å². The Hall–Kier alpha value is -1.95. The number of ether oxygens (including phenoxy) is 1. The molecule has 0 amide bonds. The van der Waals surface area contributed by atoms with Gasteiger partial charge in [-0.3, -0.25) is 4.90 Å². The molecule has 2 aliphatic rings. The van der Waals surface area contributed by atoms with Gasteiger partial charge in [0.25, 0.3) is 0 Å². The normalized spacial score (nSPS) is 20.2. The molecule has 2 fully saturated rings. The molecule has 2 saturated heterocycles. The molecule has 6 nitrogen and oxygen atoms in total. The fraction of sp³-hybridized carbons (Fsp3) is 0.562. The molecule has 0 N–H and O–H groups in total. The Balaban J connectivity index is 1.56. The second-order valence-corrected chi connectivity index (χ2v) is 6.12. The molecular weight excluding hydrogens is 280 g/mol. The van der Waals surface area contributed by atoms with Crippen LogP contribution < -0.4 is 4.74 Å². The third kappa shape index (κ3) is 2.18. The smallest absolute Gasteiger partial charge is 0.247 e. The number of pyridine rings is 1. The van der Waals surface area contributed by atoms with E-state index in [1.165, 1.54) is 12.8 Å². The van der Waals surface area contributed by atoms with Gasteiger partial charge in [-0.15, -0.1) is 0 Å². The highest BCUT2D eigenvalue weighted by Crippen LogP contribution is 2.45. The lowest BCUT2D eigenvalue weighted by atomic mass is 9.94. The van der Waals surface area contributed by atoms with E-state index in [9.17, 15) is 0 Å². The van der Waals surface area contributed by atoms with Gasteiger partial charge in [-0.2, -0.15) is 4.98 Å². The average molecular weight is 300 g/mol. The number of hydrogen-bond acceptors (Lipinski definition) is 6. The summed E-state index contributed by atoms with van der Waals surface area (Å²) in [5.41, 5.74) is 1.09. The van der Waals surface area contributed by atoms with Crippen LogP contribution >= 0.6 is 0 Å². The monoisotopic (exact) mass is 300 g/mol. The van der Waals surface area contributed by atoms with Crippen molar-refractivity contribution in [2.24, 2.45) is 0 Å². The largest absolute Gasteiger partial charge is 0.481 e. The van der Waals surface area contributed by atoms with E-state index < -0.39 is 0 Å². The van der Waals surface area contributed by atoms with Crippen molar-refractivity contribution in [3.63, 3.8) is 0 Å². The van der Waals surface area contributed by atoms with E-state index in [0.29, 0.717) is 12.3 Å². The first-order chi connectivity index (χ1) is 10.8. The average Bonchev–Trinajstić information content (AvgIpc) is 3.21. The number of nitrogens with zero attached hydrogens (tertiary/aromatic N) is 4. The number of aromatic nitrogens is 3. The lowest BCUT2D eigenvalue weighted by Gasteiger charge is -2.27. The van der Waals surface area contributed by atoms with Gasteiger partial charge in [0.15, 0.2) is 5.82 Å². The third-order valence-corrected chi connectivity index (χ3v) is 4.88. The predicted octanol–water partition coefficient (Wildman–Crippen LogP) is 2.15. The number of hydrogen-bond donors (Lipinski definition) is 0. The van der Waals surface area contributed by atoms with Gasteiger partial charge in [0, 0.05) is 18.7 Å². The molecule has 0 atom stereocenters. The Morgan fingerprint density at radius 3 is 2.91 bits per heavy atom. The highest BCUT2D eigenvalue weighted by atomic mass is 16.5. The Labute approximate surface area is 129 Å². The van der Waals surface area contributed by atoms with Crippen molar-refractivity contribution in [1.82, 2.24) is 20.0 Å². The summed E-state index contributed by atoms with van der Waals surface area (Å²) in [6, 6.07) is 3.86. The summed E-state index contributed by atoms with van der Waals surface area (Å²) in [5, 5.41) is 4.19. The van der Waals surface area contributed by atoms with E-state index in [4.69, 9.17) is 14.2 Å². The van der Waals surface area contributed by atoms with Crippen molar-refractivity contribution < 1.29 is 9.26 Å². The molecule has 0 radical (unpaired) electrons. The highest BCUT2D eigenvalue weighted by Gasteiger charge is 2.49. The number of fused-ring (bicyclic) bond motifs is 1. The molecule has 0 aliphatic carbocycles. The van der Waals surface area contributed by atoms with Crippen LogP contribution in [-0.2, 0) is 12.0 Å². The molecular formula is C16H20N4O2. The standard InChI is InChI=1S/C16H20N4O2/c1-21-14-11-12(4-7-17-14)10-13-18-15(22-19-13)16-5-2-8-20(16)9-3-6-16/h4,7,11H,2-3,5-6,8-10H2,1H3. The van der Waals surface area contributed by atoms with Gasteiger partial charge in [0.05, 0.1) is 7.11 Å². The second kappa shape index (κ2) is 5.35. The molecule has 0 saturated carbocycles. The maximum Gasteiger partial charge on any atom is 0.247 e. The zero-order valence-corrected chi connectivity index (χ0v) is 12.8. The van der Waals surface area contributed by atoms with Crippen LogP contribution in [0.15, 0.2) is 22.9 Å². The number of methoxy groups -OCH3 is 1. The van der Waals surface area contributed by atoms with Crippen LogP contribution in [0.1, 0.15) is 43.0 Å². The van der Waals surface area contributed by atoms with Crippen molar-refractivity contribution in [1.29, 1.82) is 0 Å². The third-order valence-electron chi connectivity index (χ3n) is 4.88. The van der Waals surface area contributed by atoms with Crippen LogP contribution in [-0.4, -0.2) is 40.2 Å². The lowest BCUT2D eigenvalue weighted by Crippen LogP contribution is -2.35. The second-order valence-electron chi connectivity index (χ2n) is 6.12. The van der Waals surface area contributed by atoms with Crippen molar-refractivity contribution in [3.05, 3.63) is 35.6 Å². The van der Waals surface area contributed by atoms with Gasteiger partial charge in [-0.1, -0.05) is 5.16 Å². The minimum absolute atomic E-state index is 0.0151. The molecule has 4 heterocycles. The van der Waals surface area contributed by atoms with E-state index >= 15 is 0 Å². The summed E-state index contributed by atoms with van der Waals surface area (Å²) >= 11 is 0. The minimum atomic E-state index is 0.0151. The summed E-state index contributed by atoms with van der Waals surface area (Å²) < 4.78 is 10.8. The summed E-state index contributed by atoms with van der Waals surface area (Å²) in [6.45, 7) is 2.30. The van der Waals surface area contributed by atoms with E-state index in [1.54, 1.807) is 13.3 Å².